The second kappa shape index (κ2) is 4.07. The molecule has 1 unspecified atom stereocenters. The fraction of sp³-hybridized carbons (Fsp3) is 1.00. The van der Waals surface area contributed by atoms with Crippen molar-refractivity contribution in [3.63, 3.8) is 0 Å². The molecule has 1 fully saturated rings. The van der Waals surface area contributed by atoms with Gasteiger partial charge in [0.1, 0.15) is 0 Å². The molecule has 0 aromatic heterocycles. The van der Waals surface area contributed by atoms with Gasteiger partial charge < -0.3 is 9.84 Å². The quantitative estimate of drug-likeness (QED) is 0.675. The zero-order valence-corrected chi connectivity index (χ0v) is 7.42. The van der Waals surface area contributed by atoms with Crippen LogP contribution < -0.4 is 0 Å². The minimum absolute atomic E-state index is 0.116. The van der Waals surface area contributed by atoms with Crippen molar-refractivity contribution in [1.82, 2.24) is 0 Å². The number of hydrogen-bond donors (Lipinski definition) is 1. The van der Waals surface area contributed by atoms with Crippen molar-refractivity contribution in [2.75, 3.05) is 6.61 Å². The summed E-state index contributed by atoms with van der Waals surface area (Å²) in [6.07, 6.45) is 3.97. The van der Waals surface area contributed by atoms with E-state index in [0.29, 0.717) is 12.0 Å². The summed E-state index contributed by atoms with van der Waals surface area (Å²) in [5, 5.41) is 8.96. The lowest BCUT2D eigenvalue weighted by Crippen LogP contribution is -2.20. The van der Waals surface area contributed by atoms with Crippen molar-refractivity contribution < 1.29 is 9.84 Å². The van der Waals surface area contributed by atoms with Gasteiger partial charge in [-0.25, -0.2) is 0 Å². The topological polar surface area (TPSA) is 29.5 Å². The first kappa shape index (κ1) is 9.01. The van der Waals surface area contributed by atoms with Crippen LogP contribution in [0.2, 0.25) is 0 Å². The highest BCUT2D eigenvalue weighted by Crippen LogP contribution is 2.29. The zero-order valence-electron chi connectivity index (χ0n) is 7.42. The van der Waals surface area contributed by atoms with Gasteiger partial charge in [-0.15, -0.1) is 0 Å². The Labute approximate surface area is 68.6 Å². The van der Waals surface area contributed by atoms with E-state index in [1.54, 1.807) is 0 Å². The molecule has 0 saturated carbocycles. The Bertz CT molecular complexity index is 114. The lowest BCUT2D eigenvalue weighted by atomic mass is 9.95. The van der Waals surface area contributed by atoms with Gasteiger partial charge in [0.2, 0.25) is 0 Å². The fourth-order valence-corrected chi connectivity index (χ4v) is 1.91. The Balaban J connectivity index is 2.37. The summed E-state index contributed by atoms with van der Waals surface area (Å²) in [5.41, 5.74) is 0. The van der Waals surface area contributed by atoms with Crippen LogP contribution in [0.4, 0.5) is 0 Å². The van der Waals surface area contributed by atoms with Crippen molar-refractivity contribution in [3.05, 3.63) is 0 Å². The molecule has 0 spiro atoms. The molecule has 1 aliphatic rings. The molecule has 0 bridgehead atoms. The van der Waals surface area contributed by atoms with Crippen molar-refractivity contribution in [3.8, 4) is 0 Å². The standard InChI is InChI=1S/C9H18O2/c1-3-4-8-5-7(2)11-9(8)6-10/h7-10H,3-6H2,1-2H3/t7?,8-,9-/m1/s1. The number of hydrogen-bond acceptors (Lipinski definition) is 2. The normalized spacial score (nSPS) is 37.9. The Hall–Kier alpha value is -0.0800. The summed E-state index contributed by atoms with van der Waals surface area (Å²) in [6.45, 7) is 4.45. The molecule has 1 heterocycles. The van der Waals surface area contributed by atoms with E-state index < -0.39 is 0 Å². The van der Waals surface area contributed by atoms with Crippen molar-refractivity contribution in [2.45, 2.75) is 45.3 Å². The van der Waals surface area contributed by atoms with Gasteiger partial charge >= 0.3 is 0 Å². The molecule has 1 saturated heterocycles. The van der Waals surface area contributed by atoms with E-state index in [9.17, 15) is 0 Å². The van der Waals surface area contributed by atoms with Gasteiger partial charge in [0.25, 0.3) is 0 Å². The van der Waals surface area contributed by atoms with Gasteiger partial charge in [-0.05, 0) is 25.7 Å². The second-order valence-corrected chi connectivity index (χ2v) is 3.45. The first-order valence-corrected chi connectivity index (χ1v) is 4.54. The Kier molecular flexibility index (Phi) is 3.34. The third-order valence-corrected chi connectivity index (χ3v) is 2.41. The first-order valence-electron chi connectivity index (χ1n) is 4.54. The Morgan fingerprint density at radius 2 is 2.27 bits per heavy atom. The van der Waals surface area contributed by atoms with Crippen molar-refractivity contribution in [2.24, 2.45) is 5.92 Å². The van der Waals surface area contributed by atoms with E-state index in [1.165, 1.54) is 12.8 Å². The smallest absolute Gasteiger partial charge is 0.0838 e. The van der Waals surface area contributed by atoms with Gasteiger partial charge in [-0.2, -0.15) is 0 Å². The summed E-state index contributed by atoms with van der Waals surface area (Å²) in [7, 11) is 0. The molecular formula is C9H18O2. The molecule has 1 N–H and O–H groups in total. The molecule has 1 rings (SSSR count). The van der Waals surface area contributed by atoms with Gasteiger partial charge in [-0.1, -0.05) is 13.3 Å². The highest BCUT2D eigenvalue weighted by atomic mass is 16.5. The molecule has 0 radical (unpaired) electrons. The molecule has 0 amide bonds. The fourth-order valence-electron chi connectivity index (χ4n) is 1.91. The van der Waals surface area contributed by atoms with E-state index in [-0.39, 0.29) is 12.7 Å². The van der Waals surface area contributed by atoms with Gasteiger partial charge in [0, 0.05) is 0 Å². The summed E-state index contributed by atoms with van der Waals surface area (Å²) in [5.74, 6) is 0.597. The van der Waals surface area contributed by atoms with E-state index in [4.69, 9.17) is 9.84 Å². The minimum Gasteiger partial charge on any atom is -0.394 e. The molecule has 66 valence electrons. The van der Waals surface area contributed by atoms with E-state index >= 15 is 0 Å². The van der Waals surface area contributed by atoms with E-state index in [1.807, 2.05) is 0 Å². The van der Waals surface area contributed by atoms with Crippen LogP contribution in [0.5, 0.6) is 0 Å². The SMILES string of the molecule is CCC[C@@H]1CC(C)O[C@@H]1CO. The van der Waals surface area contributed by atoms with Crippen LogP contribution in [0, 0.1) is 5.92 Å². The summed E-state index contributed by atoms with van der Waals surface area (Å²) >= 11 is 0. The average molecular weight is 158 g/mol. The minimum atomic E-state index is 0.116. The summed E-state index contributed by atoms with van der Waals surface area (Å²) in [6, 6.07) is 0. The number of aliphatic hydroxyl groups is 1. The molecule has 2 heteroatoms. The highest BCUT2D eigenvalue weighted by Gasteiger charge is 2.31. The van der Waals surface area contributed by atoms with Crippen LogP contribution in [-0.2, 0) is 4.74 Å². The van der Waals surface area contributed by atoms with Crippen LogP contribution in [0.15, 0.2) is 0 Å². The second-order valence-electron chi connectivity index (χ2n) is 3.45. The van der Waals surface area contributed by atoms with Gasteiger partial charge in [0.15, 0.2) is 0 Å². The lowest BCUT2D eigenvalue weighted by Gasteiger charge is -2.14. The average Bonchev–Trinajstić information content (AvgIpc) is 2.32. The largest absolute Gasteiger partial charge is 0.394 e. The molecular weight excluding hydrogens is 140 g/mol. The summed E-state index contributed by atoms with van der Waals surface area (Å²) < 4.78 is 5.53. The van der Waals surface area contributed by atoms with E-state index in [2.05, 4.69) is 13.8 Å². The zero-order chi connectivity index (χ0) is 8.27. The Morgan fingerprint density at radius 1 is 1.55 bits per heavy atom. The number of rotatable bonds is 3. The van der Waals surface area contributed by atoms with E-state index in [0.717, 1.165) is 6.42 Å². The van der Waals surface area contributed by atoms with Crippen LogP contribution in [0.1, 0.15) is 33.1 Å². The Morgan fingerprint density at radius 3 is 2.82 bits per heavy atom. The van der Waals surface area contributed by atoms with Crippen molar-refractivity contribution in [1.29, 1.82) is 0 Å². The third-order valence-electron chi connectivity index (χ3n) is 2.41. The third kappa shape index (κ3) is 2.17. The molecule has 0 aromatic carbocycles. The van der Waals surface area contributed by atoms with Crippen LogP contribution in [0.25, 0.3) is 0 Å². The maximum atomic E-state index is 8.96. The summed E-state index contributed by atoms with van der Waals surface area (Å²) in [4.78, 5) is 0. The maximum Gasteiger partial charge on any atom is 0.0838 e. The lowest BCUT2D eigenvalue weighted by molar-refractivity contribution is 0.00556. The molecule has 3 atom stereocenters. The van der Waals surface area contributed by atoms with Gasteiger partial charge in [0.05, 0.1) is 18.8 Å². The molecule has 0 aliphatic carbocycles. The predicted octanol–water partition coefficient (Wildman–Crippen LogP) is 1.57. The van der Waals surface area contributed by atoms with Gasteiger partial charge in [-0.3, -0.25) is 0 Å². The monoisotopic (exact) mass is 158 g/mol. The molecule has 11 heavy (non-hydrogen) atoms. The van der Waals surface area contributed by atoms with Crippen LogP contribution in [-0.4, -0.2) is 23.9 Å². The number of ether oxygens (including phenoxy) is 1. The van der Waals surface area contributed by atoms with Crippen LogP contribution in [0.3, 0.4) is 0 Å². The highest BCUT2D eigenvalue weighted by molar-refractivity contribution is 4.79. The first-order chi connectivity index (χ1) is 5.27. The van der Waals surface area contributed by atoms with Crippen molar-refractivity contribution >= 4 is 0 Å². The molecule has 0 aromatic rings. The predicted molar refractivity (Wildman–Crippen MR) is 44.4 cm³/mol. The molecule has 2 nitrogen and oxygen atoms in total. The maximum absolute atomic E-state index is 8.96. The number of aliphatic hydroxyl groups excluding tert-OH is 1. The van der Waals surface area contributed by atoms with Crippen LogP contribution >= 0.6 is 0 Å². The molecule has 1 aliphatic heterocycles.